The summed E-state index contributed by atoms with van der Waals surface area (Å²) >= 11 is 0. The maximum Gasteiger partial charge on any atom is 0.364 e. The fraction of sp³-hybridized carbons (Fsp3) is 0.0625. The smallest absolute Gasteiger partial charge is 0.222 e. The van der Waals surface area contributed by atoms with Crippen molar-refractivity contribution in [2.45, 2.75) is 6.42 Å². The Balaban J connectivity index is 0.000000254. The molecule has 22 heavy (non-hydrogen) atoms. The summed E-state index contributed by atoms with van der Waals surface area (Å²) in [5, 5.41) is 0. The quantitative estimate of drug-likeness (QED) is 0.582. The standard InChI is InChI=1S/C16H11O.ClHO4/c1-3-7-14-11(5-1)9-13-10-12-6-2-4-8-15(12)17-16(13)14;2-1(3,4)5/h1-9H,10H2;(H,2,3,4,5)/q+1;/p-1. The Morgan fingerprint density at radius 2 is 1.50 bits per heavy atom. The number of halogens is 1. The van der Waals surface area contributed by atoms with E-state index in [1.165, 1.54) is 22.3 Å². The highest BCUT2D eigenvalue weighted by molar-refractivity contribution is 6.18. The number of hydrogen-bond acceptors (Lipinski definition) is 4. The van der Waals surface area contributed by atoms with Crippen LogP contribution in [0.25, 0.3) is 6.08 Å². The van der Waals surface area contributed by atoms with Gasteiger partial charge in [0.15, 0.2) is 0 Å². The van der Waals surface area contributed by atoms with Crippen molar-refractivity contribution in [1.29, 1.82) is 0 Å². The highest BCUT2D eigenvalue weighted by Gasteiger charge is 2.35. The lowest BCUT2D eigenvalue weighted by Crippen LogP contribution is -2.68. The molecule has 2 aromatic carbocycles. The lowest BCUT2D eigenvalue weighted by molar-refractivity contribution is -2.00. The van der Waals surface area contributed by atoms with Crippen LogP contribution in [0.2, 0.25) is 0 Å². The molecule has 0 aromatic heterocycles. The van der Waals surface area contributed by atoms with Crippen molar-refractivity contribution in [3.05, 3.63) is 70.8 Å². The van der Waals surface area contributed by atoms with Crippen LogP contribution in [-0.4, -0.2) is 5.78 Å². The van der Waals surface area contributed by atoms with E-state index in [1.807, 2.05) is 12.1 Å². The van der Waals surface area contributed by atoms with Gasteiger partial charge in [0.05, 0.1) is 16.7 Å². The van der Waals surface area contributed by atoms with E-state index >= 15 is 0 Å². The average molecular weight is 319 g/mol. The minimum atomic E-state index is -4.94. The molecule has 0 N–H and O–H groups in total. The number of allylic oxidation sites excluding steroid dienone is 1. The van der Waals surface area contributed by atoms with Crippen LogP contribution < -0.4 is 18.6 Å². The Kier molecular flexibility index (Phi) is 3.82. The van der Waals surface area contributed by atoms with E-state index in [0.29, 0.717) is 0 Å². The van der Waals surface area contributed by atoms with Gasteiger partial charge in [-0.1, -0.05) is 30.3 Å². The van der Waals surface area contributed by atoms with E-state index in [2.05, 4.69) is 42.5 Å². The van der Waals surface area contributed by atoms with Crippen molar-refractivity contribution in [3.63, 3.8) is 0 Å². The molecule has 2 aliphatic rings. The lowest BCUT2D eigenvalue weighted by Gasteiger charge is -2.17. The summed E-state index contributed by atoms with van der Waals surface area (Å²) in [4.78, 5) is 0. The van der Waals surface area contributed by atoms with Gasteiger partial charge in [0.1, 0.15) is 0 Å². The predicted octanol–water partition coefficient (Wildman–Crippen LogP) is -0.984. The number of hydrogen-bond donors (Lipinski definition) is 0. The van der Waals surface area contributed by atoms with E-state index in [1.54, 1.807) is 0 Å². The van der Waals surface area contributed by atoms with Crippen molar-refractivity contribution >= 4 is 11.9 Å². The second kappa shape index (κ2) is 5.64. The molecule has 1 heterocycles. The molecular formula is C16H11ClO5. The van der Waals surface area contributed by atoms with Gasteiger partial charge in [0, 0.05) is 12.5 Å². The summed E-state index contributed by atoms with van der Waals surface area (Å²) in [7, 11) is -4.94. The maximum atomic E-state index is 8.49. The van der Waals surface area contributed by atoms with Crippen LogP contribution in [0.5, 0.6) is 5.75 Å². The average Bonchev–Trinajstić information content (AvgIpc) is 2.80. The molecule has 1 aliphatic heterocycles. The number of ketones is 1. The molecule has 0 saturated carbocycles. The summed E-state index contributed by atoms with van der Waals surface area (Å²) < 4.78 is 40.0. The zero-order chi connectivity index (χ0) is 15.7. The first-order valence-electron chi connectivity index (χ1n) is 6.46. The van der Waals surface area contributed by atoms with Gasteiger partial charge in [-0.25, -0.2) is 23.1 Å². The van der Waals surface area contributed by atoms with Gasteiger partial charge in [0.25, 0.3) is 0 Å². The molecule has 0 atom stereocenters. The molecule has 0 bridgehead atoms. The Hall–Kier alpha value is -2.02. The van der Waals surface area contributed by atoms with Gasteiger partial charge in [-0.15, -0.1) is 10.2 Å². The van der Waals surface area contributed by atoms with Crippen molar-refractivity contribution < 1.29 is 33.3 Å². The molecule has 6 heteroatoms. The van der Waals surface area contributed by atoms with Crippen molar-refractivity contribution in [1.82, 2.24) is 0 Å². The third-order valence-electron chi connectivity index (χ3n) is 3.39. The minimum Gasteiger partial charge on any atom is -0.222 e. The predicted molar refractivity (Wildman–Crippen MR) is 68.3 cm³/mol. The largest absolute Gasteiger partial charge is 0.364 e. The second-order valence-corrected chi connectivity index (χ2v) is 5.61. The summed E-state index contributed by atoms with van der Waals surface area (Å²) in [6.45, 7) is 0. The third kappa shape index (κ3) is 3.24. The van der Waals surface area contributed by atoms with Gasteiger partial charge < -0.3 is 0 Å². The van der Waals surface area contributed by atoms with E-state index < -0.39 is 10.2 Å². The third-order valence-corrected chi connectivity index (χ3v) is 3.39. The van der Waals surface area contributed by atoms with Gasteiger partial charge in [-0.05, 0) is 23.8 Å². The molecule has 0 spiro atoms. The molecule has 112 valence electrons. The van der Waals surface area contributed by atoms with Crippen molar-refractivity contribution in [2.24, 2.45) is 0 Å². The van der Waals surface area contributed by atoms with Crippen LogP contribution in [0.4, 0.5) is 0 Å². The molecule has 2 aromatic rings. The molecule has 1 aliphatic carbocycles. The van der Waals surface area contributed by atoms with Gasteiger partial charge in [0.2, 0.25) is 0 Å². The number of fused-ring (bicyclic) bond motifs is 4. The van der Waals surface area contributed by atoms with E-state index in [0.717, 1.165) is 18.0 Å². The van der Waals surface area contributed by atoms with Crippen LogP contribution in [0.1, 0.15) is 21.1 Å². The maximum absolute atomic E-state index is 8.49. The minimum absolute atomic E-state index is 0.972. The zero-order valence-electron chi connectivity index (χ0n) is 11.3. The first kappa shape index (κ1) is 14.9. The van der Waals surface area contributed by atoms with Gasteiger partial charge in [-0.2, -0.15) is 0 Å². The zero-order valence-corrected chi connectivity index (χ0v) is 12.1. The van der Waals surface area contributed by atoms with Gasteiger partial charge in [-0.3, -0.25) is 0 Å². The van der Waals surface area contributed by atoms with E-state index in [4.69, 9.17) is 23.1 Å². The number of rotatable bonds is 0. The van der Waals surface area contributed by atoms with Gasteiger partial charge >= 0.3 is 11.5 Å². The molecule has 0 radical (unpaired) electrons. The molecule has 0 fully saturated rings. The van der Waals surface area contributed by atoms with Crippen molar-refractivity contribution in [2.75, 3.05) is 0 Å². The Morgan fingerprint density at radius 3 is 2.27 bits per heavy atom. The summed E-state index contributed by atoms with van der Waals surface area (Å²) in [6, 6.07) is 16.7. The van der Waals surface area contributed by atoms with Crippen LogP contribution in [-0.2, 0) is 6.42 Å². The molecule has 0 amide bonds. The fourth-order valence-corrected chi connectivity index (χ4v) is 2.57. The summed E-state index contributed by atoms with van der Waals surface area (Å²) in [5.74, 6) is 2.04. The highest BCUT2D eigenvalue weighted by Crippen LogP contribution is 2.36. The topological polar surface area (TPSA) is 104 Å². The summed E-state index contributed by atoms with van der Waals surface area (Å²) in [6.07, 6.45) is 3.21. The van der Waals surface area contributed by atoms with E-state index in [-0.39, 0.29) is 0 Å². The lowest BCUT2D eigenvalue weighted by atomic mass is 9.99. The number of carbonyl (C=O) groups excluding carboxylic acids is 1. The Morgan fingerprint density at radius 1 is 0.864 bits per heavy atom. The molecular weight excluding hydrogens is 308 g/mol. The normalized spacial score (nSPS) is 14.7. The van der Waals surface area contributed by atoms with Crippen LogP contribution >= 0.6 is 0 Å². The first-order chi connectivity index (χ1) is 10.4. The number of benzene rings is 2. The molecule has 5 nitrogen and oxygen atoms in total. The number of para-hydroxylation sites is 1. The molecule has 0 unspecified atom stereocenters. The Bertz CT molecular complexity index is 768. The Labute approximate surface area is 128 Å². The van der Waals surface area contributed by atoms with Crippen molar-refractivity contribution in [3.8, 4) is 5.75 Å². The first-order valence-corrected chi connectivity index (χ1v) is 7.70. The van der Waals surface area contributed by atoms with Crippen LogP contribution in [0.15, 0.2) is 54.1 Å². The molecule has 0 saturated heterocycles. The van der Waals surface area contributed by atoms with E-state index in [9.17, 15) is 0 Å². The summed E-state index contributed by atoms with van der Waals surface area (Å²) in [5.41, 5.74) is 5.06. The van der Waals surface area contributed by atoms with Crippen LogP contribution in [0, 0.1) is 10.2 Å². The second-order valence-electron chi connectivity index (χ2n) is 4.85. The SMILES string of the molecule is C1=C2Cc3ccccc3[O+]=C2c2ccccc21.[O-][Cl+3]([O-])([O-])[O-]. The highest BCUT2D eigenvalue weighted by atomic mass is 35.7. The van der Waals surface area contributed by atoms with Crippen LogP contribution in [0.3, 0.4) is 0 Å². The monoisotopic (exact) mass is 318 g/mol. The molecule has 4 rings (SSSR count). The fourth-order valence-electron chi connectivity index (χ4n) is 2.57.